The molecule has 6 nitrogen and oxygen atoms in total. The highest BCUT2D eigenvalue weighted by Crippen LogP contribution is 2.18. The van der Waals surface area contributed by atoms with Gasteiger partial charge in [0.25, 0.3) is 0 Å². The van der Waals surface area contributed by atoms with Gasteiger partial charge in [0.2, 0.25) is 0 Å². The van der Waals surface area contributed by atoms with Gasteiger partial charge in [-0.25, -0.2) is 4.98 Å². The molecule has 2 aliphatic rings. The van der Waals surface area contributed by atoms with Gasteiger partial charge in [0, 0.05) is 45.0 Å². The van der Waals surface area contributed by atoms with Crippen LogP contribution in [-0.4, -0.2) is 67.7 Å². The molecular formula is C21H37IN6. The minimum absolute atomic E-state index is 0. The molecule has 1 unspecified atom stereocenters. The zero-order valence-electron chi connectivity index (χ0n) is 17.7. The van der Waals surface area contributed by atoms with Gasteiger partial charge in [-0.2, -0.15) is 0 Å². The third-order valence-corrected chi connectivity index (χ3v) is 5.94. The van der Waals surface area contributed by atoms with Gasteiger partial charge in [-0.3, -0.25) is 9.89 Å². The molecule has 2 saturated heterocycles. The van der Waals surface area contributed by atoms with E-state index in [1.54, 1.807) is 0 Å². The second-order valence-electron chi connectivity index (χ2n) is 7.83. The number of pyridine rings is 1. The average molecular weight is 500 g/mol. The number of aryl methyl sites for hydroxylation is 1. The van der Waals surface area contributed by atoms with Crippen LogP contribution >= 0.6 is 24.0 Å². The van der Waals surface area contributed by atoms with E-state index in [0.717, 1.165) is 50.8 Å². The summed E-state index contributed by atoms with van der Waals surface area (Å²) < 4.78 is 0. The lowest BCUT2D eigenvalue weighted by atomic mass is 10.0. The summed E-state index contributed by atoms with van der Waals surface area (Å²) in [5.41, 5.74) is 1.21. The summed E-state index contributed by atoms with van der Waals surface area (Å²) in [6.45, 7) is 9.79. The maximum absolute atomic E-state index is 4.57. The van der Waals surface area contributed by atoms with Crippen LogP contribution in [0.3, 0.4) is 0 Å². The van der Waals surface area contributed by atoms with Crippen molar-refractivity contribution in [3.05, 3.63) is 23.9 Å². The first-order valence-electron chi connectivity index (χ1n) is 10.6. The van der Waals surface area contributed by atoms with Gasteiger partial charge in [-0.1, -0.05) is 19.4 Å². The first-order valence-corrected chi connectivity index (χ1v) is 10.6. The van der Waals surface area contributed by atoms with Gasteiger partial charge < -0.3 is 15.5 Å². The van der Waals surface area contributed by atoms with Crippen LogP contribution in [0.5, 0.6) is 0 Å². The summed E-state index contributed by atoms with van der Waals surface area (Å²) in [5, 5.41) is 7.20. The van der Waals surface area contributed by atoms with Crippen LogP contribution in [0.15, 0.2) is 23.3 Å². The van der Waals surface area contributed by atoms with Gasteiger partial charge in [0.1, 0.15) is 5.82 Å². The molecule has 28 heavy (non-hydrogen) atoms. The van der Waals surface area contributed by atoms with Crippen LogP contribution in [0, 0.1) is 6.92 Å². The quantitative estimate of drug-likeness (QED) is 0.370. The minimum atomic E-state index is 0. The van der Waals surface area contributed by atoms with Crippen molar-refractivity contribution in [2.45, 2.75) is 58.0 Å². The first-order chi connectivity index (χ1) is 13.2. The Hall–Kier alpha value is -1.09. The molecule has 3 rings (SSSR count). The average Bonchev–Trinajstić information content (AvgIpc) is 2.72. The third-order valence-electron chi connectivity index (χ3n) is 5.94. The number of anilines is 1. The van der Waals surface area contributed by atoms with Gasteiger partial charge in [0.05, 0.1) is 0 Å². The number of hydrogen-bond donors (Lipinski definition) is 2. The van der Waals surface area contributed by atoms with Gasteiger partial charge >= 0.3 is 0 Å². The fourth-order valence-electron chi connectivity index (χ4n) is 4.21. The van der Waals surface area contributed by atoms with Crippen LogP contribution in [-0.2, 0) is 0 Å². The smallest absolute Gasteiger partial charge is 0.191 e. The maximum atomic E-state index is 4.57. The molecule has 7 heteroatoms. The summed E-state index contributed by atoms with van der Waals surface area (Å²) in [7, 11) is 1.87. The summed E-state index contributed by atoms with van der Waals surface area (Å²) >= 11 is 0. The number of aliphatic imine (C=N–C) groups is 1. The predicted molar refractivity (Wildman–Crippen MR) is 129 cm³/mol. The van der Waals surface area contributed by atoms with E-state index in [-0.39, 0.29) is 24.0 Å². The van der Waals surface area contributed by atoms with Crippen LogP contribution in [0.1, 0.15) is 44.6 Å². The SMILES string of the molecule is CCN1CCCCC1CNC(=NC)NC1CCN(c2ccc(C)cn2)CC1.I. The second kappa shape index (κ2) is 11.8. The zero-order valence-corrected chi connectivity index (χ0v) is 20.0. The van der Waals surface area contributed by atoms with Crippen molar-refractivity contribution >= 4 is 35.8 Å². The van der Waals surface area contributed by atoms with Crippen molar-refractivity contribution in [2.24, 2.45) is 4.99 Å². The number of hydrogen-bond acceptors (Lipinski definition) is 4. The van der Waals surface area contributed by atoms with Crippen molar-refractivity contribution in [3.63, 3.8) is 0 Å². The zero-order chi connectivity index (χ0) is 19.1. The van der Waals surface area contributed by atoms with Crippen molar-refractivity contribution in [1.29, 1.82) is 0 Å². The molecule has 0 spiro atoms. The molecule has 0 saturated carbocycles. The number of likely N-dealkylation sites (N-methyl/N-ethyl adjacent to an activating group) is 1. The molecule has 0 aromatic carbocycles. The lowest BCUT2D eigenvalue weighted by molar-refractivity contribution is 0.157. The van der Waals surface area contributed by atoms with Crippen LogP contribution < -0.4 is 15.5 Å². The number of guanidine groups is 1. The highest BCUT2D eigenvalue weighted by atomic mass is 127. The van der Waals surface area contributed by atoms with Crippen molar-refractivity contribution in [1.82, 2.24) is 20.5 Å². The minimum Gasteiger partial charge on any atom is -0.356 e. The van der Waals surface area contributed by atoms with E-state index in [0.29, 0.717) is 12.1 Å². The summed E-state index contributed by atoms with van der Waals surface area (Å²) in [5.74, 6) is 2.04. The second-order valence-corrected chi connectivity index (χ2v) is 7.83. The Bertz CT molecular complexity index is 597. The van der Waals surface area contributed by atoms with E-state index in [2.05, 4.69) is 56.4 Å². The fraction of sp³-hybridized carbons (Fsp3) is 0.714. The van der Waals surface area contributed by atoms with E-state index in [1.807, 2.05) is 13.2 Å². The largest absolute Gasteiger partial charge is 0.356 e. The fourth-order valence-corrected chi connectivity index (χ4v) is 4.21. The first kappa shape index (κ1) is 23.2. The van der Waals surface area contributed by atoms with Crippen molar-refractivity contribution in [3.8, 4) is 0 Å². The Morgan fingerprint density at radius 1 is 1.18 bits per heavy atom. The molecule has 1 aromatic rings. The Morgan fingerprint density at radius 2 is 1.96 bits per heavy atom. The summed E-state index contributed by atoms with van der Waals surface area (Å²) in [6.07, 6.45) is 8.16. The number of rotatable bonds is 5. The van der Waals surface area contributed by atoms with Crippen molar-refractivity contribution in [2.75, 3.05) is 44.7 Å². The monoisotopic (exact) mass is 500 g/mol. The number of halogens is 1. The highest BCUT2D eigenvalue weighted by Gasteiger charge is 2.23. The van der Waals surface area contributed by atoms with Crippen LogP contribution in [0.4, 0.5) is 5.82 Å². The predicted octanol–water partition coefficient (Wildman–Crippen LogP) is 3.02. The van der Waals surface area contributed by atoms with E-state index in [1.165, 1.54) is 31.4 Å². The normalized spacial score (nSPS) is 21.9. The maximum Gasteiger partial charge on any atom is 0.191 e. The van der Waals surface area contributed by atoms with Crippen LogP contribution in [0.25, 0.3) is 0 Å². The molecular weight excluding hydrogens is 463 g/mol. The standard InChI is InChI=1S/C21H36N6.HI/c1-4-26-12-6-5-7-19(26)16-24-21(22-3)25-18-10-13-27(14-11-18)20-9-8-17(2)15-23-20;/h8-9,15,18-19H,4-7,10-14,16H2,1-3H3,(H2,22,24,25);1H. The Morgan fingerprint density at radius 3 is 2.61 bits per heavy atom. The van der Waals surface area contributed by atoms with Crippen LogP contribution in [0.2, 0.25) is 0 Å². The molecule has 2 aliphatic heterocycles. The number of nitrogens with one attached hydrogen (secondary N) is 2. The van der Waals surface area contributed by atoms with Gasteiger partial charge in [-0.15, -0.1) is 24.0 Å². The molecule has 2 fully saturated rings. The number of piperidine rings is 2. The molecule has 0 amide bonds. The van der Waals surface area contributed by atoms with E-state index >= 15 is 0 Å². The third kappa shape index (κ3) is 6.47. The molecule has 2 N–H and O–H groups in total. The topological polar surface area (TPSA) is 55.8 Å². The molecule has 0 bridgehead atoms. The van der Waals surface area contributed by atoms with E-state index < -0.39 is 0 Å². The number of aromatic nitrogens is 1. The highest BCUT2D eigenvalue weighted by molar-refractivity contribution is 14.0. The van der Waals surface area contributed by atoms with Gasteiger partial charge in [-0.05, 0) is 57.3 Å². The van der Waals surface area contributed by atoms with Gasteiger partial charge in [0.15, 0.2) is 5.96 Å². The molecule has 0 radical (unpaired) electrons. The Labute approximate surface area is 187 Å². The summed E-state index contributed by atoms with van der Waals surface area (Å²) in [6, 6.07) is 5.39. The molecule has 1 aromatic heterocycles. The molecule has 3 heterocycles. The number of nitrogens with zero attached hydrogens (tertiary/aromatic N) is 4. The van der Waals surface area contributed by atoms with Crippen molar-refractivity contribution < 1.29 is 0 Å². The van der Waals surface area contributed by atoms with E-state index in [4.69, 9.17) is 0 Å². The number of likely N-dealkylation sites (tertiary alicyclic amines) is 1. The van der Waals surface area contributed by atoms with E-state index in [9.17, 15) is 0 Å². The lowest BCUT2D eigenvalue weighted by Crippen LogP contribution is -2.52. The Balaban J connectivity index is 0.00000280. The molecule has 158 valence electrons. The lowest BCUT2D eigenvalue weighted by Gasteiger charge is -2.36. The summed E-state index contributed by atoms with van der Waals surface area (Å²) in [4.78, 5) is 14.0. The molecule has 0 aliphatic carbocycles. The Kier molecular flexibility index (Phi) is 9.77. The molecule has 1 atom stereocenters.